The number of amides is 1. The molecule has 1 heterocycles. The molecule has 0 aliphatic carbocycles. The number of benzene rings is 3. The maximum atomic E-state index is 12.7. The summed E-state index contributed by atoms with van der Waals surface area (Å²) in [6, 6.07) is 14.2. The maximum Gasteiger partial charge on any atom is 0.253 e. The summed E-state index contributed by atoms with van der Waals surface area (Å²) in [5, 5.41) is 4.70. The molecule has 0 aliphatic heterocycles. The molecule has 2 N–H and O–H groups in total. The van der Waals surface area contributed by atoms with Crippen molar-refractivity contribution in [2.24, 2.45) is 0 Å². The Hall–Kier alpha value is -3.25. The molecule has 136 valence electrons. The fourth-order valence-corrected chi connectivity index (χ4v) is 3.22. The van der Waals surface area contributed by atoms with Crippen molar-refractivity contribution in [1.29, 1.82) is 0 Å². The largest absolute Gasteiger partial charge is 0.351 e. The van der Waals surface area contributed by atoms with Gasteiger partial charge in [-0.25, -0.2) is 4.98 Å². The van der Waals surface area contributed by atoms with Crippen LogP contribution >= 0.6 is 0 Å². The van der Waals surface area contributed by atoms with Gasteiger partial charge in [-0.05, 0) is 55.9 Å². The number of hydrogen-bond acceptors (Lipinski definition) is 4. The van der Waals surface area contributed by atoms with Gasteiger partial charge in [0.05, 0.1) is 27.6 Å². The Labute approximate surface area is 155 Å². The number of para-hydroxylation sites is 1. The van der Waals surface area contributed by atoms with Gasteiger partial charge in [0, 0.05) is 18.5 Å². The molecule has 0 fully saturated rings. The van der Waals surface area contributed by atoms with Gasteiger partial charge < -0.3 is 15.2 Å². The molecule has 0 spiro atoms. The molecule has 1 amide bonds. The molecule has 0 unspecified atom stereocenters. The Morgan fingerprint density at radius 2 is 1.89 bits per heavy atom. The Morgan fingerprint density at radius 3 is 2.70 bits per heavy atom. The molecule has 4 aromatic rings. The molecule has 0 saturated carbocycles. The number of likely N-dealkylation sites (N-methyl/N-ethyl adjacent to an activating group) is 1. The molecule has 0 radical (unpaired) electrons. The highest BCUT2D eigenvalue weighted by Crippen LogP contribution is 2.25. The van der Waals surface area contributed by atoms with Crippen LogP contribution < -0.4 is 10.7 Å². The second-order valence-electron chi connectivity index (χ2n) is 6.84. The molecule has 3 aromatic carbocycles. The lowest BCUT2D eigenvalue weighted by molar-refractivity contribution is 0.0952. The highest BCUT2D eigenvalue weighted by Gasteiger charge is 2.13. The third-order valence-corrected chi connectivity index (χ3v) is 4.59. The number of fused-ring (bicyclic) bond motifs is 4. The second-order valence-corrected chi connectivity index (χ2v) is 6.84. The van der Waals surface area contributed by atoms with E-state index in [1.54, 1.807) is 24.3 Å². The molecule has 6 heteroatoms. The minimum atomic E-state index is -0.137. The summed E-state index contributed by atoms with van der Waals surface area (Å²) in [7, 11) is 3.93. The number of carbonyl (C=O) groups excluding carboxylic acids is 1. The first-order valence-corrected chi connectivity index (χ1v) is 8.81. The van der Waals surface area contributed by atoms with Crippen LogP contribution in [0.25, 0.3) is 32.8 Å². The summed E-state index contributed by atoms with van der Waals surface area (Å²) in [6.45, 7) is 1.34. The summed E-state index contributed by atoms with van der Waals surface area (Å²) in [5.41, 5.74) is 3.54. The number of hydrogen-bond donors (Lipinski definition) is 2. The van der Waals surface area contributed by atoms with E-state index in [-0.39, 0.29) is 11.3 Å². The van der Waals surface area contributed by atoms with Crippen LogP contribution in [0, 0.1) is 0 Å². The predicted molar refractivity (Wildman–Crippen MR) is 108 cm³/mol. The first-order chi connectivity index (χ1) is 13.0. The van der Waals surface area contributed by atoms with Crippen LogP contribution in [0.1, 0.15) is 10.4 Å². The van der Waals surface area contributed by atoms with E-state index in [0.29, 0.717) is 17.6 Å². The third kappa shape index (κ3) is 3.27. The van der Waals surface area contributed by atoms with E-state index in [2.05, 4.69) is 10.3 Å². The molecule has 27 heavy (non-hydrogen) atoms. The topological polar surface area (TPSA) is 78.1 Å². The number of nitrogens with one attached hydrogen (secondary N) is 2. The highest BCUT2D eigenvalue weighted by atomic mass is 16.1. The molecular formula is C21H20N4O2. The first-order valence-electron chi connectivity index (χ1n) is 8.81. The number of carbonyl (C=O) groups is 1. The monoisotopic (exact) mass is 360 g/mol. The van der Waals surface area contributed by atoms with Crippen molar-refractivity contribution in [1.82, 2.24) is 20.2 Å². The molecule has 0 aliphatic rings. The lowest BCUT2D eigenvalue weighted by atomic mass is 10.1. The molecule has 6 nitrogen and oxygen atoms in total. The van der Waals surface area contributed by atoms with Crippen LogP contribution in [-0.2, 0) is 0 Å². The van der Waals surface area contributed by atoms with E-state index >= 15 is 0 Å². The lowest BCUT2D eigenvalue weighted by Gasteiger charge is -2.12. The van der Waals surface area contributed by atoms with Gasteiger partial charge in [-0.3, -0.25) is 9.59 Å². The van der Waals surface area contributed by atoms with Crippen molar-refractivity contribution in [3.8, 4) is 0 Å². The van der Waals surface area contributed by atoms with Crippen LogP contribution in [0.4, 0.5) is 0 Å². The van der Waals surface area contributed by atoms with Crippen molar-refractivity contribution >= 4 is 38.7 Å². The van der Waals surface area contributed by atoms with Crippen LogP contribution in [0.2, 0.25) is 0 Å². The fraction of sp³-hybridized carbons (Fsp3) is 0.190. The number of aromatic nitrogens is 2. The van der Waals surface area contributed by atoms with Gasteiger partial charge in [0.1, 0.15) is 0 Å². The average molecular weight is 360 g/mol. The Kier molecular flexibility index (Phi) is 4.33. The van der Waals surface area contributed by atoms with E-state index in [0.717, 1.165) is 33.9 Å². The Morgan fingerprint density at radius 1 is 1.07 bits per heavy atom. The zero-order valence-corrected chi connectivity index (χ0v) is 15.2. The molecule has 1 aromatic heterocycles. The lowest BCUT2D eigenvalue weighted by Crippen LogP contribution is -2.31. The zero-order chi connectivity index (χ0) is 19.0. The van der Waals surface area contributed by atoms with Gasteiger partial charge in [-0.1, -0.05) is 12.1 Å². The Balaban J connectivity index is 1.87. The molecular weight excluding hydrogens is 340 g/mol. The van der Waals surface area contributed by atoms with Gasteiger partial charge in [-0.15, -0.1) is 0 Å². The smallest absolute Gasteiger partial charge is 0.253 e. The number of rotatable bonds is 4. The quantitative estimate of drug-likeness (QED) is 0.433. The van der Waals surface area contributed by atoms with Crippen molar-refractivity contribution in [2.75, 3.05) is 27.2 Å². The van der Waals surface area contributed by atoms with Crippen LogP contribution in [0.15, 0.2) is 53.3 Å². The molecule has 0 saturated heterocycles. The standard InChI is InChI=1S/C21H20N4O2/c1-25(2)11-10-22-21(27)16-4-3-5-17-20(16)24-19-15-8-7-14(26)12-13(15)6-9-18(19)23-17/h3-9,12,24H,10-11H2,1-2H3,(H,22,27). The van der Waals surface area contributed by atoms with E-state index in [4.69, 9.17) is 4.98 Å². The minimum absolute atomic E-state index is 0.0310. The second kappa shape index (κ2) is 6.81. The number of aromatic amines is 1. The van der Waals surface area contributed by atoms with E-state index < -0.39 is 0 Å². The molecule has 4 rings (SSSR count). The number of H-pyrrole nitrogens is 1. The summed E-state index contributed by atoms with van der Waals surface area (Å²) in [6.07, 6.45) is 0. The van der Waals surface area contributed by atoms with E-state index in [9.17, 15) is 9.59 Å². The maximum absolute atomic E-state index is 12.7. The zero-order valence-electron chi connectivity index (χ0n) is 15.2. The SMILES string of the molecule is CN(C)CCNC(=O)c1cccc2nc3ccc4cc(=O)ccc4c3[nH]c12. The summed E-state index contributed by atoms with van der Waals surface area (Å²) >= 11 is 0. The third-order valence-electron chi connectivity index (χ3n) is 4.59. The van der Waals surface area contributed by atoms with Crippen molar-refractivity contribution < 1.29 is 4.79 Å². The molecule has 0 bridgehead atoms. The van der Waals surface area contributed by atoms with Crippen LogP contribution in [0.5, 0.6) is 0 Å². The first kappa shape index (κ1) is 17.2. The summed E-state index contributed by atoms with van der Waals surface area (Å²) in [4.78, 5) is 34.4. The normalized spacial score (nSPS) is 11.5. The average Bonchev–Trinajstić information content (AvgIpc) is 2.65. The van der Waals surface area contributed by atoms with Gasteiger partial charge in [0.25, 0.3) is 5.91 Å². The highest BCUT2D eigenvalue weighted by molar-refractivity contribution is 6.10. The van der Waals surface area contributed by atoms with Crippen LogP contribution in [-0.4, -0.2) is 48.0 Å². The summed E-state index contributed by atoms with van der Waals surface area (Å²) in [5.74, 6) is -0.137. The van der Waals surface area contributed by atoms with Crippen molar-refractivity contribution in [2.45, 2.75) is 0 Å². The summed E-state index contributed by atoms with van der Waals surface area (Å²) < 4.78 is 0. The van der Waals surface area contributed by atoms with Gasteiger partial charge >= 0.3 is 0 Å². The van der Waals surface area contributed by atoms with Gasteiger partial charge in [-0.2, -0.15) is 0 Å². The fourth-order valence-electron chi connectivity index (χ4n) is 3.22. The molecule has 0 atom stereocenters. The van der Waals surface area contributed by atoms with Crippen LogP contribution in [0.3, 0.4) is 0 Å². The minimum Gasteiger partial charge on any atom is -0.351 e. The van der Waals surface area contributed by atoms with Gasteiger partial charge in [0.2, 0.25) is 0 Å². The number of nitrogens with zero attached hydrogens (tertiary/aromatic N) is 2. The van der Waals surface area contributed by atoms with Crippen molar-refractivity contribution in [3.05, 3.63) is 64.3 Å². The predicted octanol–water partition coefficient (Wildman–Crippen LogP) is 2.52. The van der Waals surface area contributed by atoms with Crippen molar-refractivity contribution in [3.63, 3.8) is 0 Å². The van der Waals surface area contributed by atoms with E-state index in [1.165, 1.54) is 0 Å². The van der Waals surface area contributed by atoms with E-state index in [1.807, 2.05) is 43.3 Å². The Bertz CT molecular complexity index is 1230. The van der Waals surface area contributed by atoms with Gasteiger partial charge in [0.15, 0.2) is 5.43 Å².